The molecule has 0 spiro atoms. The van der Waals surface area contributed by atoms with Gasteiger partial charge in [0.2, 0.25) is 5.91 Å². The van der Waals surface area contributed by atoms with Crippen LogP contribution in [0.25, 0.3) is 0 Å². The number of amides is 1. The second-order valence-corrected chi connectivity index (χ2v) is 6.02. The summed E-state index contributed by atoms with van der Waals surface area (Å²) in [4.78, 5) is 14.3. The van der Waals surface area contributed by atoms with E-state index in [9.17, 15) is 4.79 Å². The van der Waals surface area contributed by atoms with Crippen LogP contribution in [0.3, 0.4) is 0 Å². The van der Waals surface area contributed by atoms with Gasteiger partial charge in [0.15, 0.2) is 0 Å². The van der Waals surface area contributed by atoms with Gasteiger partial charge in [0.1, 0.15) is 0 Å². The van der Waals surface area contributed by atoms with Gasteiger partial charge in [0.25, 0.3) is 0 Å². The van der Waals surface area contributed by atoms with Gasteiger partial charge in [-0.2, -0.15) is 0 Å². The molecule has 0 aromatic heterocycles. The first-order valence-electron chi connectivity index (χ1n) is 7.99. The molecule has 1 heterocycles. The van der Waals surface area contributed by atoms with Gasteiger partial charge in [-0.1, -0.05) is 25.5 Å². The van der Waals surface area contributed by atoms with E-state index in [0.717, 1.165) is 12.2 Å². The van der Waals surface area contributed by atoms with Gasteiger partial charge in [-0.15, -0.1) is 24.8 Å². The molecule has 2 rings (SSSR count). The molecule has 1 unspecified atom stereocenters. The molecule has 1 amide bonds. The van der Waals surface area contributed by atoms with Crippen molar-refractivity contribution in [1.29, 1.82) is 0 Å². The van der Waals surface area contributed by atoms with Crippen molar-refractivity contribution in [2.45, 2.75) is 58.2 Å². The lowest BCUT2D eigenvalue weighted by Crippen LogP contribution is -2.36. The van der Waals surface area contributed by atoms with E-state index in [-0.39, 0.29) is 30.7 Å². The Bertz CT molecular complexity index is 467. The average molecular weight is 362 g/mol. The molecule has 0 aliphatic carbocycles. The molecule has 1 aliphatic rings. The minimum absolute atomic E-state index is 0. The van der Waals surface area contributed by atoms with Crippen LogP contribution in [-0.2, 0) is 11.3 Å². The van der Waals surface area contributed by atoms with E-state index >= 15 is 0 Å². The van der Waals surface area contributed by atoms with Crippen molar-refractivity contribution >= 4 is 36.4 Å². The number of hydrogen-bond donors (Lipinski definition) is 2. The van der Waals surface area contributed by atoms with Gasteiger partial charge < -0.3 is 11.1 Å². The van der Waals surface area contributed by atoms with Crippen LogP contribution < -0.4 is 11.1 Å². The van der Waals surface area contributed by atoms with Gasteiger partial charge in [-0.25, -0.2) is 0 Å². The fraction of sp³-hybridized carbons (Fsp3) is 0.588. The quantitative estimate of drug-likeness (QED) is 0.842. The first kappa shape index (κ1) is 22.2. The van der Waals surface area contributed by atoms with Gasteiger partial charge >= 0.3 is 0 Å². The SMILES string of the molecule is CC[C@H](N)C(=O)Nc1ccc(CN2CCCCC2C)cc1.Cl.Cl. The zero-order valence-corrected chi connectivity index (χ0v) is 15.6. The van der Waals surface area contributed by atoms with Gasteiger partial charge in [-0.05, 0) is 50.4 Å². The fourth-order valence-corrected chi connectivity index (χ4v) is 2.74. The van der Waals surface area contributed by atoms with Crippen LogP contribution in [0.5, 0.6) is 0 Å². The van der Waals surface area contributed by atoms with Gasteiger partial charge in [0, 0.05) is 18.3 Å². The number of benzene rings is 1. The highest BCUT2D eigenvalue weighted by Gasteiger charge is 2.18. The Morgan fingerprint density at radius 3 is 2.52 bits per heavy atom. The third-order valence-electron chi connectivity index (χ3n) is 4.32. The van der Waals surface area contributed by atoms with E-state index in [0.29, 0.717) is 12.5 Å². The minimum atomic E-state index is -0.432. The fourth-order valence-electron chi connectivity index (χ4n) is 2.74. The predicted molar refractivity (Wildman–Crippen MR) is 102 cm³/mol. The molecule has 1 saturated heterocycles. The molecule has 6 heteroatoms. The summed E-state index contributed by atoms with van der Waals surface area (Å²) in [5.41, 5.74) is 7.83. The molecular formula is C17H29Cl2N3O. The Labute approximate surface area is 152 Å². The van der Waals surface area contributed by atoms with E-state index in [1.807, 2.05) is 19.1 Å². The molecule has 4 nitrogen and oxygen atoms in total. The number of anilines is 1. The van der Waals surface area contributed by atoms with Crippen molar-refractivity contribution in [2.75, 3.05) is 11.9 Å². The van der Waals surface area contributed by atoms with Crippen molar-refractivity contribution in [3.63, 3.8) is 0 Å². The smallest absolute Gasteiger partial charge is 0.241 e. The molecule has 1 aliphatic heterocycles. The Kier molecular flexibility index (Phi) is 10.5. The van der Waals surface area contributed by atoms with Crippen LogP contribution in [0.15, 0.2) is 24.3 Å². The van der Waals surface area contributed by atoms with Crippen molar-refractivity contribution in [1.82, 2.24) is 4.90 Å². The largest absolute Gasteiger partial charge is 0.325 e. The Morgan fingerprint density at radius 2 is 1.96 bits per heavy atom. The Morgan fingerprint density at radius 1 is 1.30 bits per heavy atom. The molecule has 3 N–H and O–H groups in total. The summed E-state index contributed by atoms with van der Waals surface area (Å²) in [7, 11) is 0. The number of nitrogens with two attached hydrogens (primary N) is 1. The van der Waals surface area contributed by atoms with Gasteiger partial charge in [-0.3, -0.25) is 9.69 Å². The number of carbonyl (C=O) groups excluding carboxylic acids is 1. The molecule has 0 saturated carbocycles. The van der Waals surface area contributed by atoms with E-state index in [1.165, 1.54) is 31.4 Å². The molecule has 1 aromatic rings. The lowest BCUT2D eigenvalue weighted by Gasteiger charge is -2.33. The molecule has 23 heavy (non-hydrogen) atoms. The summed E-state index contributed by atoms with van der Waals surface area (Å²) >= 11 is 0. The van der Waals surface area contributed by atoms with Crippen LogP contribution in [0.2, 0.25) is 0 Å². The van der Waals surface area contributed by atoms with Crippen LogP contribution in [0, 0.1) is 0 Å². The summed E-state index contributed by atoms with van der Waals surface area (Å²) < 4.78 is 0. The highest BCUT2D eigenvalue weighted by atomic mass is 35.5. The zero-order chi connectivity index (χ0) is 15.2. The van der Waals surface area contributed by atoms with E-state index in [1.54, 1.807) is 0 Å². The second-order valence-electron chi connectivity index (χ2n) is 6.02. The van der Waals surface area contributed by atoms with Crippen molar-refractivity contribution in [3.8, 4) is 0 Å². The number of nitrogens with zero attached hydrogens (tertiary/aromatic N) is 1. The van der Waals surface area contributed by atoms with Crippen LogP contribution in [0.1, 0.15) is 45.1 Å². The highest BCUT2D eigenvalue weighted by Crippen LogP contribution is 2.20. The maximum atomic E-state index is 11.7. The molecule has 0 bridgehead atoms. The topological polar surface area (TPSA) is 58.4 Å². The number of hydrogen-bond acceptors (Lipinski definition) is 3. The lowest BCUT2D eigenvalue weighted by molar-refractivity contribution is -0.117. The molecule has 132 valence electrons. The standard InChI is InChI=1S/C17H27N3O.2ClH/c1-3-16(18)17(21)19-15-9-7-14(8-10-15)12-20-11-5-4-6-13(20)2;;/h7-10,13,16H,3-6,11-12,18H2,1-2H3,(H,19,21);2*1H/t13?,16-;;/m0../s1. The second kappa shape index (κ2) is 10.9. The van der Waals surface area contributed by atoms with Gasteiger partial charge in [0.05, 0.1) is 6.04 Å². The van der Waals surface area contributed by atoms with E-state index < -0.39 is 6.04 Å². The zero-order valence-electron chi connectivity index (χ0n) is 14.0. The molecule has 2 atom stereocenters. The summed E-state index contributed by atoms with van der Waals surface area (Å²) in [5, 5.41) is 2.85. The first-order valence-corrected chi connectivity index (χ1v) is 7.99. The predicted octanol–water partition coefficient (Wildman–Crippen LogP) is 3.58. The van der Waals surface area contributed by atoms with Crippen LogP contribution >= 0.6 is 24.8 Å². The highest BCUT2D eigenvalue weighted by molar-refractivity contribution is 5.94. The normalized spacial score (nSPS) is 19.2. The van der Waals surface area contributed by atoms with E-state index in [2.05, 4.69) is 29.3 Å². The maximum absolute atomic E-state index is 11.7. The third kappa shape index (κ3) is 6.68. The molecule has 1 aromatic carbocycles. The molecule has 1 fully saturated rings. The summed E-state index contributed by atoms with van der Waals surface area (Å²) in [5.74, 6) is -0.116. The van der Waals surface area contributed by atoms with Crippen LogP contribution in [0.4, 0.5) is 5.69 Å². The first-order chi connectivity index (χ1) is 10.1. The number of likely N-dealkylation sites (tertiary alicyclic amines) is 1. The summed E-state index contributed by atoms with van der Waals surface area (Å²) in [6.45, 7) is 6.39. The molecular weight excluding hydrogens is 333 g/mol. The van der Waals surface area contributed by atoms with Crippen molar-refractivity contribution in [2.24, 2.45) is 5.73 Å². The minimum Gasteiger partial charge on any atom is -0.325 e. The molecule has 0 radical (unpaired) electrons. The Hall–Kier alpha value is -0.810. The number of halogens is 2. The average Bonchev–Trinajstić information content (AvgIpc) is 2.50. The maximum Gasteiger partial charge on any atom is 0.241 e. The van der Waals surface area contributed by atoms with Crippen molar-refractivity contribution < 1.29 is 4.79 Å². The summed E-state index contributed by atoms with van der Waals surface area (Å²) in [6, 6.07) is 8.34. The Balaban J connectivity index is 0.00000242. The number of carbonyl (C=O) groups is 1. The van der Waals surface area contributed by atoms with Crippen LogP contribution in [-0.4, -0.2) is 29.4 Å². The third-order valence-corrected chi connectivity index (χ3v) is 4.32. The number of nitrogens with one attached hydrogen (secondary N) is 1. The lowest BCUT2D eigenvalue weighted by atomic mass is 10.0. The monoisotopic (exact) mass is 361 g/mol. The summed E-state index contributed by atoms with van der Waals surface area (Å²) in [6.07, 6.45) is 4.59. The number of piperidine rings is 1. The van der Waals surface area contributed by atoms with E-state index in [4.69, 9.17) is 5.73 Å². The number of rotatable bonds is 5. The van der Waals surface area contributed by atoms with Crippen molar-refractivity contribution in [3.05, 3.63) is 29.8 Å².